The largest absolute Gasteiger partial charge is 0.334 e. The Kier molecular flexibility index (Phi) is 3.46. The first-order chi connectivity index (χ1) is 9.16. The van der Waals surface area contributed by atoms with Gasteiger partial charge in [0.1, 0.15) is 0 Å². The zero-order valence-corrected chi connectivity index (χ0v) is 13.0. The predicted molar refractivity (Wildman–Crippen MR) is 81.6 cm³/mol. The van der Waals surface area contributed by atoms with E-state index >= 15 is 0 Å². The summed E-state index contributed by atoms with van der Waals surface area (Å²) in [6.07, 6.45) is 2.08. The summed E-state index contributed by atoms with van der Waals surface area (Å²) in [7, 11) is 1.91. The van der Waals surface area contributed by atoms with E-state index in [-0.39, 0.29) is 11.9 Å². The highest BCUT2D eigenvalue weighted by Crippen LogP contribution is 2.36. The lowest BCUT2D eigenvalue weighted by molar-refractivity contribution is 0.0735. The zero-order chi connectivity index (χ0) is 13.4. The molecule has 1 atom stereocenters. The van der Waals surface area contributed by atoms with Gasteiger partial charge in [0.2, 0.25) is 0 Å². The number of carbonyl (C=O) groups excluding carboxylic acids is 1. The smallest absolute Gasteiger partial charge is 0.264 e. The van der Waals surface area contributed by atoms with Crippen molar-refractivity contribution in [3.05, 3.63) is 56.2 Å². The van der Waals surface area contributed by atoms with E-state index in [2.05, 4.69) is 40.2 Å². The molecule has 2 aromatic rings. The third-order valence-corrected chi connectivity index (χ3v) is 5.28. The molecule has 0 saturated heterocycles. The van der Waals surface area contributed by atoms with Crippen LogP contribution in [0.5, 0.6) is 0 Å². The van der Waals surface area contributed by atoms with Crippen LogP contribution in [0.1, 0.15) is 33.3 Å². The van der Waals surface area contributed by atoms with Gasteiger partial charge in [0, 0.05) is 7.05 Å². The van der Waals surface area contributed by atoms with Crippen molar-refractivity contribution in [2.45, 2.75) is 18.9 Å². The molecule has 1 amide bonds. The topological polar surface area (TPSA) is 20.3 Å². The number of nitrogens with zero attached hydrogens (tertiary/aromatic N) is 1. The quantitative estimate of drug-likeness (QED) is 0.802. The highest BCUT2D eigenvalue weighted by molar-refractivity contribution is 9.11. The second kappa shape index (κ2) is 5.10. The molecule has 19 heavy (non-hydrogen) atoms. The van der Waals surface area contributed by atoms with Crippen molar-refractivity contribution in [2.75, 3.05) is 7.05 Å². The number of hydrogen-bond acceptors (Lipinski definition) is 2. The maximum atomic E-state index is 12.5. The molecule has 4 heteroatoms. The fourth-order valence-electron chi connectivity index (χ4n) is 2.68. The van der Waals surface area contributed by atoms with Crippen LogP contribution in [0.25, 0.3) is 0 Å². The van der Waals surface area contributed by atoms with Crippen molar-refractivity contribution >= 4 is 33.2 Å². The summed E-state index contributed by atoms with van der Waals surface area (Å²) in [6, 6.07) is 12.4. The van der Waals surface area contributed by atoms with Gasteiger partial charge in [0.25, 0.3) is 5.91 Å². The van der Waals surface area contributed by atoms with Gasteiger partial charge >= 0.3 is 0 Å². The Hall–Kier alpha value is -1.13. The Bertz CT molecular complexity index is 622. The van der Waals surface area contributed by atoms with E-state index in [4.69, 9.17) is 0 Å². The van der Waals surface area contributed by atoms with Crippen LogP contribution >= 0.6 is 27.3 Å². The number of amides is 1. The first-order valence-corrected chi connectivity index (χ1v) is 7.88. The van der Waals surface area contributed by atoms with Gasteiger partial charge in [0.15, 0.2) is 0 Å². The molecule has 1 heterocycles. The number of benzene rings is 1. The summed E-state index contributed by atoms with van der Waals surface area (Å²) in [6.45, 7) is 0. The summed E-state index contributed by atoms with van der Waals surface area (Å²) in [5.74, 6) is 0.109. The van der Waals surface area contributed by atoms with Crippen molar-refractivity contribution in [1.29, 1.82) is 0 Å². The van der Waals surface area contributed by atoms with Crippen LogP contribution in [-0.2, 0) is 6.42 Å². The van der Waals surface area contributed by atoms with Crippen molar-refractivity contribution in [3.63, 3.8) is 0 Å². The average molecular weight is 336 g/mol. The first kappa shape index (κ1) is 12.9. The molecule has 0 N–H and O–H groups in total. The number of aryl methyl sites for hydroxylation is 1. The second-order valence-corrected chi connectivity index (χ2v) is 7.24. The lowest BCUT2D eigenvalue weighted by atomic mass is 10.1. The molecule has 0 unspecified atom stereocenters. The van der Waals surface area contributed by atoms with Crippen LogP contribution in [0.4, 0.5) is 0 Å². The average Bonchev–Trinajstić information content (AvgIpc) is 3.03. The van der Waals surface area contributed by atoms with Crippen molar-refractivity contribution in [3.8, 4) is 0 Å². The van der Waals surface area contributed by atoms with Gasteiger partial charge in [-0.3, -0.25) is 4.79 Å². The predicted octanol–water partition coefficient (Wildman–Crippen LogP) is 4.27. The second-order valence-electron chi connectivity index (χ2n) is 4.77. The van der Waals surface area contributed by atoms with Crippen LogP contribution in [0.15, 0.2) is 40.2 Å². The molecular weight excluding hydrogens is 322 g/mol. The first-order valence-electron chi connectivity index (χ1n) is 6.27. The Morgan fingerprint density at radius 3 is 2.84 bits per heavy atom. The minimum atomic E-state index is 0.109. The zero-order valence-electron chi connectivity index (χ0n) is 10.6. The van der Waals surface area contributed by atoms with Crippen LogP contribution in [0.2, 0.25) is 0 Å². The van der Waals surface area contributed by atoms with E-state index in [0.29, 0.717) is 0 Å². The fraction of sp³-hybridized carbons (Fsp3) is 0.267. The van der Waals surface area contributed by atoms with Gasteiger partial charge in [-0.15, -0.1) is 11.3 Å². The number of halogens is 1. The standard InChI is InChI=1S/C15H14BrNOS/c1-17(15(18)13-8-9-14(16)19-13)12-7-6-10-4-2-3-5-11(10)12/h2-5,8-9,12H,6-7H2,1H3/t12-/m0/s1. The van der Waals surface area contributed by atoms with Crippen LogP contribution in [0, 0.1) is 0 Å². The molecular formula is C15H14BrNOS. The minimum absolute atomic E-state index is 0.109. The molecule has 1 aromatic carbocycles. The third kappa shape index (κ3) is 2.35. The van der Waals surface area contributed by atoms with E-state index < -0.39 is 0 Å². The third-order valence-electron chi connectivity index (χ3n) is 3.67. The summed E-state index contributed by atoms with van der Waals surface area (Å²) in [5, 5.41) is 0. The molecule has 0 fully saturated rings. The Morgan fingerprint density at radius 2 is 2.11 bits per heavy atom. The minimum Gasteiger partial charge on any atom is -0.334 e. The van der Waals surface area contributed by atoms with Gasteiger partial charge in [-0.25, -0.2) is 0 Å². The molecule has 1 aliphatic rings. The molecule has 0 bridgehead atoms. The molecule has 0 aliphatic heterocycles. The molecule has 0 spiro atoms. The number of hydrogen-bond donors (Lipinski definition) is 0. The number of fused-ring (bicyclic) bond motifs is 1. The summed E-state index contributed by atoms with van der Waals surface area (Å²) < 4.78 is 0.996. The molecule has 0 saturated carbocycles. The molecule has 0 radical (unpaired) electrons. The monoisotopic (exact) mass is 335 g/mol. The SMILES string of the molecule is CN(C(=O)c1ccc(Br)s1)[C@H]1CCc2ccccc21. The summed E-state index contributed by atoms with van der Waals surface area (Å²) in [4.78, 5) is 15.1. The van der Waals surface area contributed by atoms with E-state index in [1.165, 1.54) is 22.5 Å². The van der Waals surface area contributed by atoms with E-state index in [1.54, 1.807) is 0 Å². The molecule has 1 aromatic heterocycles. The van der Waals surface area contributed by atoms with E-state index in [9.17, 15) is 4.79 Å². The molecule has 1 aliphatic carbocycles. The van der Waals surface area contributed by atoms with Crippen LogP contribution in [-0.4, -0.2) is 17.9 Å². The molecule has 2 nitrogen and oxygen atoms in total. The molecule has 98 valence electrons. The number of rotatable bonds is 2. The van der Waals surface area contributed by atoms with E-state index in [0.717, 1.165) is 21.5 Å². The normalized spacial score (nSPS) is 17.3. The Labute approximate surface area is 125 Å². The van der Waals surface area contributed by atoms with Gasteiger partial charge in [-0.2, -0.15) is 0 Å². The summed E-state index contributed by atoms with van der Waals surface area (Å²) in [5.41, 5.74) is 2.67. The lowest BCUT2D eigenvalue weighted by Crippen LogP contribution is -2.29. The van der Waals surface area contributed by atoms with Crippen molar-refractivity contribution < 1.29 is 4.79 Å². The van der Waals surface area contributed by atoms with Crippen LogP contribution in [0.3, 0.4) is 0 Å². The number of thiophene rings is 1. The van der Waals surface area contributed by atoms with Crippen LogP contribution < -0.4 is 0 Å². The van der Waals surface area contributed by atoms with Crippen molar-refractivity contribution in [2.24, 2.45) is 0 Å². The molecule has 3 rings (SSSR count). The fourth-order valence-corrected chi connectivity index (χ4v) is 4.05. The summed E-state index contributed by atoms with van der Waals surface area (Å²) >= 11 is 4.90. The van der Waals surface area contributed by atoms with Gasteiger partial charge in [-0.05, 0) is 52.0 Å². The van der Waals surface area contributed by atoms with E-state index in [1.807, 2.05) is 24.1 Å². The van der Waals surface area contributed by atoms with Gasteiger partial charge in [-0.1, -0.05) is 24.3 Å². The highest BCUT2D eigenvalue weighted by atomic mass is 79.9. The Balaban J connectivity index is 1.86. The number of carbonyl (C=O) groups is 1. The van der Waals surface area contributed by atoms with Gasteiger partial charge in [0.05, 0.1) is 14.7 Å². The highest BCUT2D eigenvalue weighted by Gasteiger charge is 2.29. The van der Waals surface area contributed by atoms with Gasteiger partial charge < -0.3 is 4.90 Å². The maximum Gasteiger partial charge on any atom is 0.264 e. The lowest BCUT2D eigenvalue weighted by Gasteiger charge is -2.25. The van der Waals surface area contributed by atoms with Crippen molar-refractivity contribution in [1.82, 2.24) is 4.90 Å². The maximum absolute atomic E-state index is 12.5. The Morgan fingerprint density at radius 1 is 1.32 bits per heavy atom.